The lowest BCUT2D eigenvalue weighted by atomic mass is 9.91. The molecule has 1 rings (SSSR count). The molecule has 12 heavy (non-hydrogen) atoms. The highest BCUT2D eigenvalue weighted by atomic mass is 14.2. The Kier molecular flexibility index (Phi) is 4.42. The minimum Gasteiger partial charge on any atom is -0.0999 e. The summed E-state index contributed by atoms with van der Waals surface area (Å²) in [5.41, 5.74) is 1.41. The maximum atomic E-state index is 4.08. The Labute approximate surface area is 77.1 Å². The van der Waals surface area contributed by atoms with Crippen molar-refractivity contribution < 1.29 is 0 Å². The third-order valence-corrected chi connectivity index (χ3v) is 3.05. The van der Waals surface area contributed by atoms with E-state index in [1.165, 1.54) is 56.9 Å². The highest BCUT2D eigenvalue weighted by Gasteiger charge is 2.10. The van der Waals surface area contributed by atoms with Crippen molar-refractivity contribution in [3.05, 3.63) is 12.2 Å². The predicted molar refractivity (Wildman–Crippen MR) is 55.2 cm³/mol. The molecule has 0 aliphatic heterocycles. The Balaban J connectivity index is 2.33. The Morgan fingerprint density at radius 3 is 1.75 bits per heavy atom. The van der Waals surface area contributed by atoms with Gasteiger partial charge in [-0.25, -0.2) is 0 Å². The van der Waals surface area contributed by atoms with E-state index in [2.05, 4.69) is 13.5 Å². The van der Waals surface area contributed by atoms with Crippen LogP contribution in [0.2, 0.25) is 0 Å². The summed E-state index contributed by atoms with van der Waals surface area (Å²) in [6.07, 6.45) is 11.5. The first-order valence-electron chi connectivity index (χ1n) is 5.46. The van der Waals surface area contributed by atoms with Gasteiger partial charge in [0, 0.05) is 0 Å². The smallest absolute Gasteiger partial charge is 0.0209 e. The van der Waals surface area contributed by atoms with E-state index in [4.69, 9.17) is 0 Å². The van der Waals surface area contributed by atoms with E-state index in [1.807, 2.05) is 0 Å². The van der Waals surface area contributed by atoms with Crippen molar-refractivity contribution in [1.82, 2.24) is 0 Å². The molecule has 0 heterocycles. The molecule has 0 radical (unpaired) electrons. The Hall–Kier alpha value is -0.260. The van der Waals surface area contributed by atoms with Gasteiger partial charge in [0.1, 0.15) is 0 Å². The zero-order valence-electron chi connectivity index (χ0n) is 8.44. The van der Waals surface area contributed by atoms with Crippen molar-refractivity contribution >= 4 is 0 Å². The molecule has 70 valence electrons. The average molecular weight is 166 g/mol. The predicted octanol–water partition coefficient (Wildman–Crippen LogP) is 4.31. The molecule has 0 aromatic heterocycles. The maximum Gasteiger partial charge on any atom is -0.0209 e. The zero-order valence-corrected chi connectivity index (χ0v) is 8.44. The first-order valence-corrected chi connectivity index (χ1v) is 5.46. The van der Waals surface area contributed by atoms with Crippen LogP contribution in [0.5, 0.6) is 0 Å². The molecule has 1 aliphatic rings. The molecule has 0 heteroatoms. The van der Waals surface area contributed by atoms with E-state index >= 15 is 0 Å². The van der Waals surface area contributed by atoms with Crippen LogP contribution >= 0.6 is 0 Å². The molecule has 0 atom stereocenters. The molecule has 0 aromatic carbocycles. The fourth-order valence-electron chi connectivity index (χ4n) is 2.13. The fraction of sp³-hybridized carbons (Fsp3) is 0.833. The van der Waals surface area contributed by atoms with E-state index in [0.29, 0.717) is 0 Å². The van der Waals surface area contributed by atoms with Crippen molar-refractivity contribution in [2.24, 2.45) is 5.92 Å². The van der Waals surface area contributed by atoms with Gasteiger partial charge in [-0.15, -0.1) is 0 Å². The molecule has 0 aromatic rings. The van der Waals surface area contributed by atoms with Gasteiger partial charge < -0.3 is 0 Å². The van der Waals surface area contributed by atoms with Crippen molar-refractivity contribution in [1.29, 1.82) is 0 Å². The van der Waals surface area contributed by atoms with Crippen LogP contribution < -0.4 is 0 Å². The number of hydrogen-bond acceptors (Lipinski definition) is 0. The topological polar surface area (TPSA) is 0 Å². The third-order valence-electron chi connectivity index (χ3n) is 3.05. The summed E-state index contributed by atoms with van der Waals surface area (Å²) in [7, 11) is 0. The molecule has 0 unspecified atom stereocenters. The van der Waals surface area contributed by atoms with Crippen molar-refractivity contribution in [2.45, 2.75) is 58.3 Å². The van der Waals surface area contributed by atoms with Crippen molar-refractivity contribution in [2.75, 3.05) is 0 Å². The van der Waals surface area contributed by atoms with Crippen LogP contribution in [0.4, 0.5) is 0 Å². The molecular weight excluding hydrogens is 144 g/mol. The second-order valence-electron chi connectivity index (χ2n) is 4.24. The first kappa shape index (κ1) is 9.83. The quantitative estimate of drug-likeness (QED) is 0.509. The lowest BCUT2D eigenvalue weighted by Gasteiger charge is -2.15. The standard InChI is InChI=1S/C12H22/c1-11(2)12-9-7-5-3-4-6-8-10-12/h12H,1,3-10H2,2H3. The Morgan fingerprint density at radius 1 is 0.917 bits per heavy atom. The molecule has 0 N–H and O–H groups in total. The highest BCUT2D eigenvalue weighted by Crippen LogP contribution is 2.25. The monoisotopic (exact) mass is 166 g/mol. The number of hydrogen-bond donors (Lipinski definition) is 0. The van der Waals surface area contributed by atoms with Gasteiger partial charge in [-0.05, 0) is 25.7 Å². The van der Waals surface area contributed by atoms with Gasteiger partial charge in [0.05, 0.1) is 0 Å². The largest absolute Gasteiger partial charge is 0.0999 e. The lowest BCUT2D eigenvalue weighted by molar-refractivity contribution is 0.488. The zero-order chi connectivity index (χ0) is 8.81. The summed E-state index contributed by atoms with van der Waals surface area (Å²) in [4.78, 5) is 0. The van der Waals surface area contributed by atoms with Gasteiger partial charge in [-0.3, -0.25) is 0 Å². The fourth-order valence-corrected chi connectivity index (χ4v) is 2.13. The first-order chi connectivity index (χ1) is 5.80. The summed E-state index contributed by atoms with van der Waals surface area (Å²) in [5, 5.41) is 0. The molecular formula is C12H22. The van der Waals surface area contributed by atoms with Crippen molar-refractivity contribution in [3.8, 4) is 0 Å². The molecule has 0 spiro atoms. The molecule has 1 saturated carbocycles. The Bertz CT molecular complexity index is 125. The normalized spacial score (nSPS) is 22.4. The van der Waals surface area contributed by atoms with Crippen LogP contribution in [0.15, 0.2) is 12.2 Å². The van der Waals surface area contributed by atoms with Crippen LogP contribution in [0.25, 0.3) is 0 Å². The molecule has 0 amide bonds. The van der Waals surface area contributed by atoms with Gasteiger partial charge >= 0.3 is 0 Å². The number of allylic oxidation sites excluding steroid dienone is 1. The summed E-state index contributed by atoms with van der Waals surface area (Å²) in [5.74, 6) is 0.836. The summed E-state index contributed by atoms with van der Waals surface area (Å²) in [6, 6.07) is 0. The van der Waals surface area contributed by atoms with Gasteiger partial charge in [-0.1, -0.05) is 50.7 Å². The van der Waals surface area contributed by atoms with E-state index in [-0.39, 0.29) is 0 Å². The van der Waals surface area contributed by atoms with Crippen LogP contribution in [0.3, 0.4) is 0 Å². The molecule has 1 aliphatic carbocycles. The van der Waals surface area contributed by atoms with Crippen LogP contribution in [-0.4, -0.2) is 0 Å². The van der Waals surface area contributed by atoms with E-state index in [9.17, 15) is 0 Å². The Morgan fingerprint density at radius 2 is 1.33 bits per heavy atom. The van der Waals surface area contributed by atoms with E-state index in [0.717, 1.165) is 5.92 Å². The highest BCUT2D eigenvalue weighted by molar-refractivity contribution is 4.95. The summed E-state index contributed by atoms with van der Waals surface area (Å²) >= 11 is 0. The number of rotatable bonds is 1. The molecule has 0 bridgehead atoms. The van der Waals surface area contributed by atoms with E-state index < -0.39 is 0 Å². The molecule has 1 fully saturated rings. The SMILES string of the molecule is C=C(C)C1CCCCCCCC1. The van der Waals surface area contributed by atoms with Crippen LogP contribution in [-0.2, 0) is 0 Å². The summed E-state index contributed by atoms with van der Waals surface area (Å²) in [6.45, 7) is 6.28. The maximum absolute atomic E-state index is 4.08. The molecule has 0 saturated heterocycles. The van der Waals surface area contributed by atoms with E-state index in [1.54, 1.807) is 0 Å². The third kappa shape index (κ3) is 3.42. The van der Waals surface area contributed by atoms with Gasteiger partial charge in [0.25, 0.3) is 0 Å². The van der Waals surface area contributed by atoms with Gasteiger partial charge in [-0.2, -0.15) is 0 Å². The van der Waals surface area contributed by atoms with Gasteiger partial charge in [0.15, 0.2) is 0 Å². The summed E-state index contributed by atoms with van der Waals surface area (Å²) < 4.78 is 0. The second kappa shape index (κ2) is 5.40. The second-order valence-corrected chi connectivity index (χ2v) is 4.24. The van der Waals surface area contributed by atoms with Crippen LogP contribution in [0.1, 0.15) is 58.3 Å². The minimum absolute atomic E-state index is 0.836. The minimum atomic E-state index is 0.836. The van der Waals surface area contributed by atoms with Gasteiger partial charge in [0.2, 0.25) is 0 Å². The lowest BCUT2D eigenvalue weighted by Crippen LogP contribution is -2.00. The average Bonchev–Trinajstić information content (AvgIpc) is 2.15. The molecule has 0 nitrogen and oxygen atoms in total. The van der Waals surface area contributed by atoms with Crippen molar-refractivity contribution in [3.63, 3.8) is 0 Å². The van der Waals surface area contributed by atoms with Crippen LogP contribution in [0, 0.1) is 5.92 Å².